The zero-order valence-electron chi connectivity index (χ0n) is 26.8. The number of anilines is 1. The Morgan fingerprint density at radius 2 is 1.66 bits per heavy atom. The summed E-state index contributed by atoms with van der Waals surface area (Å²) in [7, 11) is 1.16. The molecule has 0 saturated heterocycles. The van der Waals surface area contributed by atoms with E-state index in [9.17, 15) is 19.2 Å². The highest BCUT2D eigenvalue weighted by Crippen LogP contribution is 2.30. The summed E-state index contributed by atoms with van der Waals surface area (Å²) >= 11 is 0. The van der Waals surface area contributed by atoms with Gasteiger partial charge in [-0.05, 0) is 38.8 Å². The number of ether oxygens (including phenoxy) is 1. The number of amides is 2. The molecule has 0 saturated carbocycles. The number of ketones is 1. The fourth-order valence-electron chi connectivity index (χ4n) is 4.89. The standard InChI is InChI=1S/C33H34N8O6/c1-18(2)25(27(43)29-39-40-31(47-29)33(4,5)23-16-34-21-14-10-11-15-22(21)36-23)37-24(42)17-41-28(20-12-8-7-9-13-20)35-19(3)26(30(41)44)38-32(45)46-6/h7-16,18,25H,17H2,1-6H3,(H,37,42)(H,38,45)/t25-/m0/s1. The molecule has 0 radical (unpaired) electrons. The molecule has 5 aromatic rings. The van der Waals surface area contributed by atoms with Crippen molar-refractivity contribution in [3.63, 3.8) is 0 Å². The SMILES string of the molecule is COC(=O)Nc1c(C)nc(-c2ccccc2)n(CC(=O)N[C@H](C(=O)c2nnc(C(C)(C)c3cnc4ccccc4n3)o2)C(C)C)c1=O. The van der Waals surface area contributed by atoms with Gasteiger partial charge in [0.05, 0.1) is 47.2 Å². The molecule has 47 heavy (non-hydrogen) atoms. The largest absolute Gasteiger partial charge is 0.453 e. The van der Waals surface area contributed by atoms with Crippen molar-refractivity contribution in [2.45, 2.75) is 52.6 Å². The summed E-state index contributed by atoms with van der Waals surface area (Å²) in [6.45, 7) is 8.21. The van der Waals surface area contributed by atoms with Crippen LogP contribution in [0.1, 0.15) is 55.7 Å². The number of methoxy groups -OCH3 is 1. The van der Waals surface area contributed by atoms with Crippen LogP contribution in [0.25, 0.3) is 22.4 Å². The molecule has 0 aliphatic heterocycles. The minimum Gasteiger partial charge on any atom is -0.453 e. The average molecular weight is 639 g/mol. The van der Waals surface area contributed by atoms with E-state index in [-0.39, 0.29) is 34.9 Å². The molecule has 0 aliphatic carbocycles. The number of fused-ring (bicyclic) bond motifs is 1. The maximum atomic E-state index is 13.7. The Balaban J connectivity index is 1.41. The Morgan fingerprint density at radius 1 is 0.979 bits per heavy atom. The molecule has 242 valence electrons. The van der Waals surface area contributed by atoms with E-state index in [1.165, 1.54) is 0 Å². The second-order valence-corrected chi connectivity index (χ2v) is 11.7. The molecule has 0 fully saturated rings. The van der Waals surface area contributed by atoms with E-state index in [1.807, 2.05) is 38.1 Å². The van der Waals surface area contributed by atoms with E-state index >= 15 is 0 Å². The second-order valence-electron chi connectivity index (χ2n) is 11.7. The van der Waals surface area contributed by atoms with Crippen molar-refractivity contribution in [3.8, 4) is 11.4 Å². The molecule has 2 N–H and O–H groups in total. The Bertz CT molecular complexity index is 2020. The lowest BCUT2D eigenvalue weighted by atomic mass is 9.89. The molecular formula is C33H34N8O6. The fourth-order valence-corrected chi connectivity index (χ4v) is 4.89. The van der Waals surface area contributed by atoms with Gasteiger partial charge in [-0.1, -0.05) is 56.3 Å². The van der Waals surface area contributed by atoms with Crippen molar-refractivity contribution in [1.29, 1.82) is 0 Å². The molecule has 3 heterocycles. The number of Topliss-reactive ketones (excluding diaryl/α,β-unsaturated/α-hetero) is 1. The van der Waals surface area contributed by atoms with Gasteiger partial charge >= 0.3 is 6.09 Å². The third kappa shape index (κ3) is 6.76. The summed E-state index contributed by atoms with van der Waals surface area (Å²) in [6.07, 6.45) is 0.763. The number of carbonyl (C=O) groups is 3. The minimum atomic E-state index is -1.07. The van der Waals surface area contributed by atoms with E-state index in [0.29, 0.717) is 16.8 Å². The number of hydrogen-bond donors (Lipinski definition) is 2. The normalized spacial score (nSPS) is 12.1. The second kappa shape index (κ2) is 13.3. The quantitative estimate of drug-likeness (QED) is 0.210. The summed E-state index contributed by atoms with van der Waals surface area (Å²) in [6, 6.07) is 15.2. The molecule has 14 heteroatoms. The van der Waals surface area contributed by atoms with Gasteiger partial charge in [-0.2, -0.15) is 0 Å². The van der Waals surface area contributed by atoms with Gasteiger partial charge in [0.2, 0.25) is 17.6 Å². The van der Waals surface area contributed by atoms with Gasteiger partial charge in [-0.15, -0.1) is 10.2 Å². The average Bonchev–Trinajstić information content (AvgIpc) is 3.58. The van der Waals surface area contributed by atoms with Crippen molar-refractivity contribution >= 4 is 34.5 Å². The molecule has 14 nitrogen and oxygen atoms in total. The number of nitrogens with zero attached hydrogens (tertiary/aromatic N) is 6. The van der Waals surface area contributed by atoms with Crippen LogP contribution in [0.5, 0.6) is 0 Å². The third-order valence-corrected chi connectivity index (χ3v) is 7.62. The lowest BCUT2D eigenvalue weighted by Crippen LogP contribution is -2.47. The van der Waals surface area contributed by atoms with Crippen molar-refractivity contribution in [1.82, 2.24) is 35.0 Å². The predicted octanol–water partition coefficient (Wildman–Crippen LogP) is 4.07. The van der Waals surface area contributed by atoms with E-state index in [4.69, 9.17) is 9.40 Å². The van der Waals surface area contributed by atoms with Gasteiger partial charge in [0.15, 0.2) is 0 Å². The van der Waals surface area contributed by atoms with Gasteiger partial charge in [0, 0.05) is 5.56 Å². The van der Waals surface area contributed by atoms with E-state index < -0.39 is 41.3 Å². The molecule has 0 aliphatic rings. The number of carbonyl (C=O) groups excluding carboxylic acids is 3. The number of para-hydroxylation sites is 2. The van der Waals surface area contributed by atoms with Crippen LogP contribution >= 0.6 is 0 Å². The first kappa shape index (κ1) is 32.6. The molecule has 0 bridgehead atoms. The summed E-state index contributed by atoms with van der Waals surface area (Å²) in [5.74, 6) is -1.58. The van der Waals surface area contributed by atoms with Crippen molar-refractivity contribution < 1.29 is 23.5 Å². The number of aromatic nitrogens is 6. The zero-order valence-corrected chi connectivity index (χ0v) is 26.8. The highest BCUT2D eigenvalue weighted by molar-refractivity contribution is 5.98. The molecular weight excluding hydrogens is 604 g/mol. The first-order valence-corrected chi connectivity index (χ1v) is 14.8. The third-order valence-electron chi connectivity index (χ3n) is 7.62. The van der Waals surface area contributed by atoms with Crippen LogP contribution in [0, 0.1) is 12.8 Å². The lowest BCUT2D eigenvalue weighted by molar-refractivity contribution is -0.122. The zero-order chi connectivity index (χ0) is 33.9. The van der Waals surface area contributed by atoms with Gasteiger partial charge in [-0.3, -0.25) is 29.3 Å². The number of nitrogens with one attached hydrogen (secondary N) is 2. The van der Waals surface area contributed by atoms with Crippen LogP contribution < -0.4 is 16.2 Å². The maximum absolute atomic E-state index is 13.7. The Kier molecular flexibility index (Phi) is 9.22. The van der Waals surface area contributed by atoms with E-state index in [1.54, 1.807) is 57.3 Å². The molecule has 5 rings (SSSR count). The Labute approximate surface area is 269 Å². The summed E-state index contributed by atoms with van der Waals surface area (Å²) in [5, 5.41) is 13.2. The topological polar surface area (TPSA) is 184 Å². The Hall–Kier alpha value is -5.79. The highest BCUT2D eigenvalue weighted by atomic mass is 16.5. The number of benzene rings is 2. The molecule has 3 aromatic heterocycles. The van der Waals surface area contributed by atoms with Crippen molar-refractivity contribution in [3.05, 3.63) is 94.3 Å². The van der Waals surface area contributed by atoms with Gasteiger partial charge < -0.3 is 14.5 Å². The van der Waals surface area contributed by atoms with Gasteiger partial charge in [-0.25, -0.2) is 14.8 Å². The molecule has 2 amide bonds. The number of rotatable bonds is 10. The first-order valence-electron chi connectivity index (χ1n) is 14.8. The number of aryl methyl sites for hydroxylation is 1. The van der Waals surface area contributed by atoms with Crippen LogP contribution in [-0.2, 0) is 21.5 Å². The molecule has 1 atom stereocenters. The van der Waals surface area contributed by atoms with Crippen LogP contribution in [-0.4, -0.2) is 60.7 Å². The molecule has 0 unspecified atom stereocenters. The van der Waals surface area contributed by atoms with Crippen molar-refractivity contribution in [2.75, 3.05) is 12.4 Å². The highest BCUT2D eigenvalue weighted by Gasteiger charge is 2.35. The smallest absolute Gasteiger partial charge is 0.411 e. The lowest BCUT2D eigenvalue weighted by Gasteiger charge is -2.21. The van der Waals surface area contributed by atoms with Crippen molar-refractivity contribution in [2.24, 2.45) is 5.92 Å². The van der Waals surface area contributed by atoms with E-state index in [0.717, 1.165) is 17.2 Å². The summed E-state index contributed by atoms with van der Waals surface area (Å²) in [5.41, 5.74) is 1.10. The van der Waals surface area contributed by atoms with E-state index in [2.05, 4.69) is 35.5 Å². The van der Waals surface area contributed by atoms with Crippen LogP contribution in [0.3, 0.4) is 0 Å². The fraction of sp³-hybridized carbons (Fsp3) is 0.303. The van der Waals surface area contributed by atoms with Crippen LogP contribution in [0.2, 0.25) is 0 Å². The Morgan fingerprint density at radius 3 is 2.34 bits per heavy atom. The predicted molar refractivity (Wildman–Crippen MR) is 172 cm³/mol. The summed E-state index contributed by atoms with van der Waals surface area (Å²) in [4.78, 5) is 66.4. The minimum absolute atomic E-state index is 0.141. The monoisotopic (exact) mass is 638 g/mol. The van der Waals surface area contributed by atoms with Gasteiger partial charge in [0.1, 0.15) is 18.1 Å². The number of hydrogen-bond acceptors (Lipinski definition) is 11. The van der Waals surface area contributed by atoms with Crippen LogP contribution in [0.4, 0.5) is 10.5 Å². The van der Waals surface area contributed by atoms with Gasteiger partial charge in [0.25, 0.3) is 11.4 Å². The van der Waals surface area contributed by atoms with Crippen LogP contribution in [0.15, 0.2) is 70.0 Å². The maximum Gasteiger partial charge on any atom is 0.411 e. The first-order chi connectivity index (χ1) is 22.4. The summed E-state index contributed by atoms with van der Waals surface area (Å²) < 4.78 is 11.6. The molecule has 2 aromatic carbocycles. The molecule has 0 spiro atoms.